The molecule has 6 nitrogen and oxygen atoms in total. The maximum Gasteiger partial charge on any atom is 0.224 e. The summed E-state index contributed by atoms with van der Waals surface area (Å²) in [5.41, 5.74) is 0.815. The first-order valence-corrected chi connectivity index (χ1v) is 7.39. The van der Waals surface area contributed by atoms with Crippen molar-refractivity contribution in [1.29, 1.82) is 0 Å². The third-order valence-corrected chi connectivity index (χ3v) is 4.02. The molecule has 1 aliphatic heterocycles. The molecule has 6 heteroatoms. The summed E-state index contributed by atoms with van der Waals surface area (Å²) in [5.74, 6) is 0.194. The number of piperidine rings is 1. The number of aromatic nitrogens is 2. The van der Waals surface area contributed by atoms with E-state index < -0.39 is 0 Å². The van der Waals surface area contributed by atoms with Gasteiger partial charge in [0.2, 0.25) is 11.8 Å². The summed E-state index contributed by atoms with van der Waals surface area (Å²) in [7, 11) is 1.77. The first kappa shape index (κ1) is 15.4. The average Bonchev–Trinajstić information content (AvgIpc) is 2.53. The van der Waals surface area contributed by atoms with Gasteiger partial charge in [-0.3, -0.25) is 9.59 Å². The van der Waals surface area contributed by atoms with Gasteiger partial charge in [-0.2, -0.15) is 0 Å². The van der Waals surface area contributed by atoms with E-state index in [0.29, 0.717) is 19.4 Å². The van der Waals surface area contributed by atoms with Crippen LogP contribution < -0.4 is 0 Å². The maximum atomic E-state index is 12.3. The van der Waals surface area contributed by atoms with Crippen LogP contribution in [0.15, 0.2) is 18.6 Å². The number of carbonyl (C=O) groups is 2. The van der Waals surface area contributed by atoms with Crippen molar-refractivity contribution in [2.75, 3.05) is 20.1 Å². The van der Waals surface area contributed by atoms with E-state index in [1.54, 1.807) is 23.0 Å². The Morgan fingerprint density at radius 1 is 1.48 bits per heavy atom. The number of likely N-dealkylation sites (tertiary alicyclic amines) is 1. The SMILES string of the molecule is CC(c1ccncn1)N(C)C(=O)CCN1CCCCC1=O. The Morgan fingerprint density at radius 3 is 2.95 bits per heavy atom. The second-order valence-corrected chi connectivity index (χ2v) is 5.40. The topological polar surface area (TPSA) is 66.4 Å². The lowest BCUT2D eigenvalue weighted by Crippen LogP contribution is -2.39. The van der Waals surface area contributed by atoms with Gasteiger partial charge in [0.25, 0.3) is 0 Å². The van der Waals surface area contributed by atoms with Gasteiger partial charge in [0.15, 0.2) is 0 Å². The highest BCUT2D eigenvalue weighted by atomic mass is 16.2. The van der Waals surface area contributed by atoms with Crippen LogP contribution in [0.25, 0.3) is 0 Å². The lowest BCUT2D eigenvalue weighted by molar-refractivity contribution is -0.136. The number of hydrogen-bond acceptors (Lipinski definition) is 4. The van der Waals surface area contributed by atoms with Gasteiger partial charge in [0, 0.05) is 39.2 Å². The lowest BCUT2D eigenvalue weighted by atomic mass is 10.1. The lowest BCUT2D eigenvalue weighted by Gasteiger charge is -2.29. The molecular formula is C15H22N4O2. The molecule has 1 aromatic heterocycles. The molecule has 2 amide bonds. The second kappa shape index (κ2) is 7.15. The molecule has 0 saturated carbocycles. The predicted octanol–water partition coefficient (Wildman–Crippen LogP) is 1.40. The van der Waals surface area contributed by atoms with Gasteiger partial charge in [-0.15, -0.1) is 0 Å². The molecule has 1 unspecified atom stereocenters. The predicted molar refractivity (Wildman–Crippen MR) is 78.3 cm³/mol. The van der Waals surface area contributed by atoms with Gasteiger partial charge in [-0.05, 0) is 25.8 Å². The number of nitrogens with zero attached hydrogens (tertiary/aromatic N) is 4. The van der Waals surface area contributed by atoms with Gasteiger partial charge in [-0.1, -0.05) is 0 Å². The van der Waals surface area contributed by atoms with Crippen molar-refractivity contribution in [3.63, 3.8) is 0 Å². The van der Waals surface area contributed by atoms with E-state index in [9.17, 15) is 9.59 Å². The monoisotopic (exact) mass is 290 g/mol. The van der Waals surface area contributed by atoms with Crippen molar-refractivity contribution in [3.05, 3.63) is 24.3 Å². The summed E-state index contributed by atoms with van der Waals surface area (Å²) >= 11 is 0. The molecule has 114 valence electrons. The largest absolute Gasteiger partial charge is 0.342 e. The molecule has 0 N–H and O–H groups in total. The smallest absolute Gasteiger partial charge is 0.224 e. The van der Waals surface area contributed by atoms with Crippen LogP contribution >= 0.6 is 0 Å². The Labute approximate surface area is 125 Å². The molecule has 1 aliphatic rings. The molecule has 0 spiro atoms. The molecule has 2 rings (SSSR count). The summed E-state index contributed by atoms with van der Waals surface area (Å²) in [5, 5.41) is 0. The Morgan fingerprint density at radius 2 is 2.29 bits per heavy atom. The van der Waals surface area contributed by atoms with E-state index in [2.05, 4.69) is 9.97 Å². The van der Waals surface area contributed by atoms with Gasteiger partial charge in [0.1, 0.15) is 6.33 Å². The van der Waals surface area contributed by atoms with E-state index in [-0.39, 0.29) is 17.9 Å². The van der Waals surface area contributed by atoms with Gasteiger partial charge in [-0.25, -0.2) is 9.97 Å². The number of hydrogen-bond donors (Lipinski definition) is 0. The van der Waals surface area contributed by atoms with Crippen molar-refractivity contribution in [2.24, 2.45) is 0 Å². The van der Waals surface area contributed by atoms with Crippen molar-refractivity contribution in [1.82, 2.24) is 19.8 Å². The van der Waals surface area contributed by atoms with Crippen LogP contribution in [0.2, 0.25) is 0 Å². The minimum absolute atomic E-state index is 0.0273. The highest BCUT2D eigenvalue weighted by Gasteiger charge is 2.22. The fraction of sp³-hybridized carbons (Fsp3) is 0.600. The third kappa shape index (κ3) is 4.00. The molecule has 2 heterocycles. The van der Waals surface area contributed by atoms with Crippen molar-refractivity contribution in [2.45, 2.75) is 38.6 Å². The van der Waals surface area contributed by atoms with Crippen LogP contribution in [0.3, 0.4) is 0 Å². The van der Waals surface area contributed by atoms with Crippen LogP contribution in [-0.2, 0) is 9.59 Å². The normalized spacial score (nSPS) is 16.7. The van der Waals surface area contributed by atoms with Crippen LogP contribution in [0.1, 0.15) is 44.3 Å². The third-order valence-electron chi connectivity index (χ3n) is 4.02. The maximum absolute atomic E-state index is 12.3. The van der Waals surface area contributed by atoms with E-state index in [1.807, 2.05) is 13.0 Å². The Bertz CT molecular complexity index is 492. The van der Waals surface area contributed by atoms with E-state index in [4.69, 9.17) is 0 Å². The van der Waals surface area contributed by atoms with Crippen LogP contribution in [0.4, 0.5) is 0 Å². The summed E-state index contributed by atoms with van der Waals surface area (Å²) in [6, 6.07) is 1.71. The van der Waals surface area contributed by atoms with E-state index >= 15 is 0 Å². The van der Waals surface area contributed by atoms with Crippen molar-refractivity contribution < 1.29 is 9.59 Å². The van der Waals surface area contributed by atoms with Crippen LogP contribution in [0, 0.1) is 0 Å². The molecular weight excluding hydrogens is 268 g/mol. The zero-order valence-electron chi connectivity index (χ0n) is 12.7. The summed E-state index contributed by atoms with van der Waals surface area (Å²) in [6.07, 6.45) is 6.13. The fourth-order valence-electron chi connectivity index (χ4n) is 2.47. The first-order chi connectivity index (χ1) is 10.1. The highest BCUT2D eigenvalue weighted by molar-refractivity contribution is 5.79. The molecule has 21 heavy (non-hydrogen) atoms. The van der Waals surface area contributed by atoms with Gasteiger partial charge in [0.05, 0.1) is 11.7 Å². The molecule has 0 radical (unpaired) electrons. The van der Waals surface area contributed by atoms with Crippen LogP contribution in [0.5, 0.6) is 0 Å². The summed E-state index contributed by atoms with van der Waals surface area (Å²) < 4.78 is 0. The first-order valence-electron chi connectivity index (χ1n) is 7.39. The molecule has 0 aromatic carbocycles. The quantitative estimate of drug-likeness (QED) is 0.822. The zero-order valence-corrected chi connectivity index (χ0v) is 12.7. The van der Waals surface area contributed by atoms with Gasteiger partial charge < -0.3 is 9.80 Å². The molecule has 1 aromatic rings. The van der Waals surface area contributed by atoms with Crippen molar-refractivity contribution in [3.8, 4) is 0 Å². The minimum atomic E-state index is -0.0995. The van der Waals surface area contributed by atoms with Crippen molar-refractivity contribution >= 4 is 11.8 Å². The van der Waals surface area contributed by atoms with Gasteiger partial charge >= 0.3 is 0 Å². The Hall–Kier alpha value is -1.98. The zero-order chi connectivity index (χ0) is 15.2. The summed E-state index contributed by atoms with van der Waals surface area (Å²) in [4.78, 5) is 35.5. The molecule has 1 atom stereocenters. The number of carbonyl (C=O) groups excluding carboxylic acids is 2. The fourth-order valence-corrected chi connectivity index (χ4v) is 2.47. The minimum Gasteiger partial charge on any atom is -0.342 e. The molecule has 0 bridgehead atoms. The number of rotatable bonds is 5. The van der Waals surface area contributed by atoms with E-state index in [0.717, 1.165) is 25.1 Å². The average molecular weight is 290 g/mol. The summed E-state index contributed by atoms with van der Waals surface area (Å²) in [6.45, 7) is 3.22. The molecule has 0 aliphatic carbocycles. The highest BCUT2D eigenvalue weighted by Crippen LogP contribution is 2.17. The second-order valence-electron chi connectivity index (χ2n) is 5.40. The van der Waals surface area contributed by atoms with Crippen LogP contribution in [-0.4, -0.2) is 51.7 Å². The molecule has 1 fully saturated rings. The van der Waals surface area contributed by atoms with E-state index in [1.165, 1.54) is 6.33 Å². The Balaban J connectivity index is 1.86. The Kier molecular flexibility index (Phi) is 5.25. The molecule has 1 saturated heterocycles. The number of amides is 2. The standard InChI is InChI=1S/C15H22N4O2/c1-12(13-6-8-16-11-17-13)18(2)14(20)7-10-19-9-4-3-5-15(19)21/h6,8,11-12H,3-5,7,9-10H2,1-2H3.